The van der Waals surface area contributed by atoms with Crippen LogP contribution in [-0.4, -0.2) is 42.8 Å². The van der Waals surface area contributed by atoms with E-state index in [1.54, 1.807) is 42.6 Å². The molecule has 1 aromatic heterocycles. The number of imide groups is 1. The third-order valence-electron chi connectivity index (χ3n) is 4.43. The molecule has 0 bridgehead atoms. The van der Waals surface area contributed by atoms with Crippen LogP contribution in [0.15, 0.2) is 41.4 Å². The molecule has 1 aliphatic heterocycles. The lowest BCUT2D eigenvalue weighted by Gasteiger charge is -2.14. The van der Waals surface area contributed by atoms with Crippen molar-refractivity contribution < 1.29 is 9.59 Å². The Kier molecular flexibility index (Phi) is 8.43. The van der Waals surface area contributed by atoms with E-state index in [9.17, 15) is 9.59 Å². The van der Waals surface area contributed by atoms with E-state index < -0.39 is 0 Å². The Labute approximate surface area is 186 Å². The molecule has 2 N–H and O–H groups in total. The molecule has 150 valence electrons. The van der Waals surface area contributed by atoms with Gasteiger partial charge in [-0.15, -0.1) is 35.3 Å². The number of rotatable bonds is 7. The van der Waals surface area contributed by atoms with Crippen molar-refractivity contribution in [3.63, 3.8) is 0 Å². The van der Waals surface area contributed by atoms with Gasteiger partial charge in [0.1, 0.15) is 0 Å². The third-order valence-corrected chi connectivity index (χ3v) is 5.43. The summed E-state index contributed by atoms with van der Waals surface area (Å²) in [5, 5.41) is 6.55. The van der Waals surface area contributed by atoms with E-state index in [1.807, 2.05) is 0 Å². The van der Waals surface area contributed by atoms with Crippen LogP contribution in [0.1, 0.15) is 43.3 Å². The van der Waals surface area contributed by atoms with Crippen LogP contribution in [0.2, 0.25) is 0 Å². The highest BCUT2D eigenvalue weighted by Gasteiger charge is 2.34. The number of amides is 2. The van der Waals surface area contributed by atoms with Crippen LogP contribution in [-0.2, 0) is 6.54 Å². The molecule has 8 heteroatoms. The number of aryl methyl sites for hydroxylation is 1. The fourth-order valence-corrected chi connectivity index (χ4v) is 3.85. The minimum Gasteiger partial charge on any atom is -0.356 e. The summed E-state index contributed by atoms with van der Waals surface area (Å²) in [5.41, 5.74) is 1.02. The van der Waals surface area contributed by atoms with Crippen molar-refractivity contribution in [3.05, 3.63) is 57.3 Å². The quantitative estimate of drug-likeness (QED) is 0.196. The van der Waals surface area contributed by atoms with Crippen molar-refractivity contribution in [2.75, 3.05) is 20.1 Å². The molecule has 0 spiro atoms. The topological polar surface area (TPSA) is 73.8 Å². The Hall–Kier alpha value is -1.94. The van der Waals surface area contributed by atoms with Gasteiger partial charge in [-0.3, -0.25) is 19.5 Å². The Morgan fingerprint density at radius 2 is 1.71 bits per heavy atom. The molecule has 2 heterocycles. The van der Waals surface area contributed by atoms with Gasteiger partial charge >= 0.3 is 0 Å². The summed E-state index contributed by atoms with van der Waals surface area (Å²) in [7, 11) is 1.74. The zero-order chi connectivity index (χ0) is 19.2. The molecule has 3 rings (SSSR count). The van der Waals surface area contributed by atoms with Crippen LogP contribution in [0, 0.1) is 6.92 Å². The number of carbonyl (C=O) groups excluding carboxylic acids is 2. The molecule has 0 fully saturated rings. The second-order valence-electron chi connectivity index (χ2n) is 6.38. The lowest BCUT2D eigenvalue weighted by Crippen LogP contribution is -2.37. The summed E-state index contributed by atoms with van der Waals surface area (Å²) in [6, 6.07) is 11.2. The molecular weight excluding hydrogens is 487 g/mol. The van der Waals surface area contributed by atoms with Crippen molar-refractivity contribution in [2.24, 2.45) is 4.99 Å². The van der Waals surface area contributed by atoms with E-state index in [2.05, 4.69) is 34.7 Å². The minimum atomic E-state index is -0.188. The predicted molar refractivity (Wildman–Crippen MR) is 124 cm³/mol. The van der Waals surface area contributed by atoms with Crippen LogP contribution >= 0.6 is 35.3 Å². The molecule has 1 aliphatic rings. The predicted octanol–water partition coefficient (Wildman–Crippen LogP) is 3.42. The van der Waals surface area contributed by atoms with Crippen LogP contribution in [0.5, 0.6) is 0 Å². The molecule has 2 amide bonds. The van der Waals surface area contributed by atoms with Crippen molar-refractivity contribution in [3.8, 4) is 0 Å². The summed E-state index contributed by atoms with van der Waals surface area (Å²) in [5.74, 6) is 0.376. The largest absolute Gasteiger partial charge is 0.356 e. The standard InChI is InChI=1S/C20H24N4O2S.HI/c1-14-9-10-15(27-14)13-23-20(21-2)22-11-5-6-12-24-18(25)16-7-3-4-8-17(16)19(24)26;/h3-4,7-10H,5-6,11-13H2,1-2H3,(H2,21,22,23);1H. The summed E-state index contributed by atoms with van der Waals surface area (Å²) >= 11 is 1.77. The van der Waals surface area contributed by atoms with Gasteiger partial charge in [0.15, 0.2) is 5.96 Å². The Morgan fingerprint density at radius 1 is 1.04 bits per heavy atom. The third kappa shape index (κ3) is 5.32. The van der Waals surface area contributed by atoms with Crippen molar-refractivity contribution in [2.45, 2.75) is 26.3 Å². The van der Waals surface area contributed by atoms with Crippen LogP contribution in [0.3, 0.4) is 0 Å². The smallest absolute Gasteiger partial charge is 0.261 e. The first kappa shape index (κ1) is 22.4. The Bertz CT molecular complexity index is 830. The number of fused-ring (bicyclic) bond motifs is 1. The monoisotopic (exact) mass is 512 g/mol. The highest BCUT2D eigenvalue weighted by molar-refractivity contribution is 14.0. The number of unbranched alkanes of at least 4 members (excludes halogenated alkanes) is 1. The van der Waals surface area contributed by atoms with E-state index in [0.717, 1.165) is 31.9 Å². The van der Waals surface area contributed by atoms with Gasteiger partial charge in [-0.1, -0.05) is 12.1 Å². The second kappa shape index (κ2) is 10.6. The number of nitrogens with zero attached hydrogens (tertiary/aromatic N) is 2. The number of hydrogen-bond acceptors (Lipinski definition) is 4. The Morgan fingerprint density at radius 3 is 2.29 bits per heavy atom. The lowest BCUT2D eigenvalue weighted by molar-refractivity contribution is 0.0652. The van der Waals surface area contributed by atoms with Crippen molar-refractivity contribution >= 4 is 53.1 Å². The maximum absolute atomic E-state index is 12.3. The number of guanidine groups is 1. The first-order chi connectivity index (χ1) is 13.1. The lowest BCUT2D eigenvalue weighted by atomic mass is 10.1. The maximum Gasteiger partial charge on any atom is 0.261 e. The molecular formula is C20H25IN4O2S. The minimum absolute atomic E-state index is 0. The molecule has 0 saturated heterocycles. The fourth-order valence-electron chi connectivity index (χ4n) is 3.02. The van der Waals surface area contributed by atoms with E-state index >= 15 is 0 Å². The summed E-state index contributed by atoms with van der Waals surface area (Å²) < 4.78 is 0. The Balaban J connectivity index is 0.00000280. The molecule has 0 radical (unpaired) electrons. The van der Waals surface area contributed by atoms with Gasteiger partial charge in [-0.25, -0.2) is 0 Å². The van der Waals surface area contributed by atoms with E-state index in [0.29, 0.717) is 17.7 Å². The zero-order valence-corrected chi connectivity index (χ0v) is 19.2. The van der Waals surface area contributed by atoms with Crippen LogP contribution in [0.25, 0.3) is 0 Å². The molecule has 6 nitrogen and oxygen atoms in total. The number of benzene rings is 1. The fraction of sp³-hybridized carbons (Fsp3) is 0.350. The molecule has 0 saturated carbocycles. The molecule has 0 unspecified atom stereocenters. The zero-order valence-electron chi connectivity index (χ0n) is 16.0. The van der Waals surface area contributed by atoms with Gasteiger partial charge in [-0.2, -0.15) is 0 Å². The van der Waals surface area contributed by atoms with E-state index in [1.165, 1.54) is 14.7 Å². The van der Waals surface area contributed by atoms with Gasteiger partial charge in [0.05, 0.1) is 17.7 Å². The molecule has 0 atom stereocenters. The number of halogens is 1. The van der Waals surface area contributed by atoms with Crippen molar-refractivity contribution in [1.29, 1.82) is 0 Å². The van der Waals surface area contributed by atoms with Crippen LogP contribution < -0.4 is 10.6 Å². The second-order valence-corrected chi connectivity index (χ2v) is 7.75. The van der Waals surface area contributed by atoms with Crippen LogP contribution in [0.4, 0.5) is 0 Å². The van der Waals surface area contributed by atoms with Gasteiger partial charge in [0, 0.05) is 29.9 Å². The van der Waals surface area contributed by atoms with Gasteiger partial charge in [-0.05, 0) is 44.0 Å². The summed E-state index contributed by atoms with van der Waals surface area (Å²) in [4.78, 5) is 32.7. The highest BCUT2D eigenvalue weighted by atomic mass is 127. The average Bonchev–Trinajstić information content (AvgIpc) is 3.20. The van der Waals surface area contributed by atoms with Gasteiger partial charge in [0.2, 0.25) is 0 Å². The number of hydrogen-bond donors (Lipinski definition) is 2. The first-order valence-corrected chi connectivity index (χ1v) is 9.87. The molecule has 2 aromatic rings. The summed E-state index contributed by atoms with van der Waals surface area (Å²) in [6.07, 6.45) is 1.59. The van der Waals surface area contributed by atoms with Gasteiger partial charge in [0.25, 0.3) is 11.8 Å². The molecule has 28 heavy (non-hydrogen) atoms. The first-order valence-electron chi connectivity index (χ1n) is 9.05. The van der Waals surface area contributed by atoms with Gasteiger partial charge < -0.3 is 10.6 Å². The summed E-state index contributed by atoms with van der Waals surface area (Å²) in [6.45, 7) is 4.00. The number of aliphatic imine (C=N–C) groups is 1. The number of thiophene rings is 1. The van der Waals surface area contributed by atoms with E-state index in [-0.39, 0.29) is 35.8 Å². The number of carbonyl (C=O) groups is 2. The van der Waals surface area contributed by atoms with E-state index in [4.69, 9.17) is 0 Å². The van der Waals surface area contributed by atoms with Crippen molar-refractivity contribution in [1.82, 2.24) is 15.5 Å². The average molecular weight is 512 g/mol. The normalized spacial score (nSPS) is 13.4. The highest BCUT2D eigenvalue weighted by Crippen LogP contribution is 2.22. The molecule has 1 aromatic carbocycles. The number of nitrogens with one attached hydrogen (secondary N) is 2. The maximum atomic E-state index is 12.3. The SMILES string of the molecule is CN=C(NCCCCN1C(=O)c2ccccc2C1=O)NCc1ccc(C)s1.I. The molecule has 0 aliphatic carbocycles.